The van der Waals surface area contributed by atoms with E-state index in [4.69, 9.17) is 18.6 Å². The Kier molecular flexibility index (Phi) is 8.48. The highest BCUT2D eigenvalue weighted by Gasteiger charge is 2.84. The SMILES string of the molecule is COC(=O)CCCCCCC(=O)O[C@H]1CC[C@@]2(C)[C@H](CC[C@@H]3[C@@H]2CC[C@]2(C)[C@@H](c4ccc(=O)oc4)[C@@H](OC(C)=O)[C@H]4O[C@]342)C1. The van der Waals surface area contributed by atoms with Crippen LogP contribution < -0.4 is 5.63 Å². The highest BCUT2D eigenvalue weighted by Crippen LogP contribution is 2.78. The lowest BCUT2D eigenvalue weighted by atomic mass is 9.44. The Morgan fingerprint density at radius 1 is 0.909 bits per heavy atom. The van der Waals surface area contributed by atoms with Crippen molar-refractivity contribution in [2.24, 2.45) is 28.6 Å². The number of hydrogen-bond donors (Lipinski definition) is 0. The first-order chi connectivity index (χ1) is 21.0. The highest BCUT2D eigenvalue weighted by atomic mass is 16.7. The molecule has 10 atom stereocenters. The van der Waals surface area contributed by atoms with Gasteiger partial charge >= 0.3 is 23.5 Å². The normalized spacial score (nSPS) is 40.0. The van der Waals surface area contributed by atoms with Gasteiger partial charge in [0.2, 0.25) is 0 Å². The van der Waals surface area contributed by atoms with Gasteiger partial charge in [0.25, 0.3) is 0 Å². The third-order valence-electron chi connectivity index (χ3n) is 12.5. The minimum Gasteiger partial charge on any atom is -0.469 e. The predicted octanol–water partition coefficient (Wildman–Crippen LogP) is 5.86. The quantitative estimate of drug-likeness (QED) is 0.138. The molecule has 9 nitrogen and oxygen atoms in total. The van der Waals surface area contributed by atoms with Crippen molar-refractivity contribution < 1.29 is 37.7 Å². The van der Waals surface area contributed by atoms with Gasteiger partial charge in [0.1, 0.15) is 23.9 Å². The summed E-state index contributed by atoms with van der Waals surface area (Å²) >= 11 is 0. The van der Waals surface area contributed by atoms with Crippen LogP contribution in [0.25, 0.3) is 0 Å². The lowest BCUT2D eigenvalue weighted by Crippen LogP contribution is -2.58. The summed E-state index contributed by atoms with van der Waals surface area (Å²) in [4.78, 5) is 47.9. The van der Waals surface area contributed by atoms with E-state index in [0.29, 0.717) is 30.6 Å². The molecule has 1 aromatic rings. The molecule has 4 aliphatic carbocycles. The molecule has 0 amide bonds. The number of epoxide rings is 1. The zero-order valence-corrected chi connectivity index (χ0v) is 26.6. The van der Waals surface area contributed by atoms with Gasteiger partial charge in [-0.15, -0.1) is 0 Å². The summed E-state index contributed by atoms with van der Waals surface area (Å²) in [7, 11) is 1.40. The molecular formula is C35H48O9. The van der Waals surface area contributed by atoms with E-state index in [9.17, 15) is 19.2 Å². The summed E-state index contributed by atoms with van der Waals surface area (Å²) in [6, 6.07) is 3.28. The minimum atomic E-state index is -0.405. The summed E-state index contributed by atoms with van der Waals surface area (Å²) < 4.78 is 28.7. The Hall–Kier alpha value is -2.68. The molecule has 6 rings (SSSR count). The van der Waals surface area contributed by atoms with Gasteiger partial charge in [0, 0.05) is 37.2 Å². The number of fused-ring (bicyclic) bond motifs is 3. The zero-order chi connectivity index (χ0) is 31.3. The monoisotopic (exact) mass is 612 g/mol. The first-order valence-electron chi connectivity index (χ1n) is 16.7. The number of hydrogen-bond acceptors (Lipinski definition) is 9. The van der Waals surface area contributed by atoms with Crippen LogP contribution in [0.5, 0.6) is 0 Å². The summed E-state index contributed by atoms with van der Waals surface area (Å²) in [6.45, 7) is 6.21. The van der Waals surface area contributed by atoms with E-state index in [0.717, 1.165) is 76.2 Å². The van der Waals surface area contributed by atoms with Crippen LogP contribution in [0.4, 0.5) is 0 Å². The number of carbonyl (C=O) groups excluding carboxylic acids is 3. The van der Waals surface area contributed by atoms with Crippen LogP contribution in [0, 0.1) is 28.6 Å². The first-order valence-corrected chi connectivity index (χ1v) is 16.7. The van der Waals surface area contributed by atoms with Gasteiger partial charge in [-0.25, -0.2) is 4.79 Å². The van der Waals surface area contributed by atoms with E-state index in [1.807, 2.05) is 6.07 Å². The molecule has 5 fully saturated rings. The fraction of sp³-hybridized carbons (Fsp3) is 0.771. The molecule has 1 aliphatic heterocycles. The number of esters is 3. The molecular weight excluding hydrogens is 564 g/mol. The van der Waals surface area contributed by atoms with Gasteiger partial charge in [-0.1, -0.05) is 26.7 Å². The molecule has 9 heteroatoms. The molecule has 0 aromatic carbocycles. The lowest BCUT2D eigenvalue weighted by molar-refractivity contribution is -0.168. The van der Waals surface area contributed by atoms with Crippen molar-refractivity contribution in [2.45, 2.75) is 134 Å². The third kappa shape index (κ3) is 5.21. The molecule has 1 saturated heterocycles. The first kappa shape index (κ1) is 31.3. The summed E-state index contributed by atoms with van der Waals surface area (Å²) in [5.41, 5.74) is 0.0576. The van der Waals surface area contributed by atoms with E-state index >= 15 is 0 Å². The van der Waals surface area contributed by atoms with Crippen molar-refractivity contribution in [2.75, 3.05) is 7.11 Å². The smallest absolute Gasteiger partial charge is 0.335 e. The summed E-state index contributed by atoms with van der Waals surface area (Å²) in [5.74, 6) is 0.656. The summed E-state index contributed by atoms with van der Waals surface area (Å²) in [6.07, 6.45) is 12.2. The number of carbonyl (C=O) groups is 3. The predicted molar refractivity (Wildman–Crippen MR) is 159 cm³/mol. The second kappa shape index (κ2) is 11.9. The molecule has 0 bridgehead atoms. The Labute approximate surface area is 259 Å². The average molecular weight is 613 g/mol. The van der Waals surface area contributed by atoms with Gasteiger partial charge < -0.3 is 23.4 Å². The second-order valence-corrected chi connectivity index (χ2v) is 14.6. The Balaban J connectivity index is 1.10. The fourth-order valence-corrected chi connectivity index (χ4v) is 10.4. The van der Waals surface area contributed by atoms with Crippen molar-refractivity contribution in [3.05, 3.63) is 34.4 Å². The van der Waals surface area contributed by atoms with Gasteiger partial charge in [0.05, 0.1) is 13.4 Å². The second-order valence-electron chi connectivity index (χ2n) is 14.6. The molecule has 4 saturated carbocycles. The van der Waals surface area contributed by atoms with Crippen molar-refractivity contribution >= 4 is 17.9 Å². The van der Waals surface area contributed by atoms with Crippen LogP contribution in [-0.2, 0) is 33.3 Å². The molecule has 0 N–H and O–H groups in total. The van der Waals surface area contributed by atoms with Crippen LogP contribution in [0.15, 0.2) is 27.6 Å². The molecule has 5 aliphatic rings. The van der Waals surface area contributed by atoms with Crippen molar-refractivity contribution in [3.63, 3.8) is 0 Å². The van der Waals surface area contributed by atoms with E-state index < -0.39 is 6.10 Å². The molecule has 2 heterocycles. The van der Waals surface area contributed by atoms with Crippen molar-refractivity contribution in [3.8, 4) is 0 Å². The number of ether oxygens (including phenoxy) is 4. The van der Waals surface area contributed by atoms with E-state index in [1.54, 1.807) is 6.26 Å². The van der Waals surface area contributed by atoms with E-state index in [1.165, 1.54) is 20.1 Å². The fourth-order valence-electron chi connectivity index (χ4n) is 10.4. The Morgan fingerprint density at radius 2 is 1.66 bits per heavy atom. The van der Waals surface area contributed by atoms with Crippen LogP contribution in [0.3, 0.4) is 0 Å². The third-order valence-corrected chi connectivity index (χ3v) is 12.5. The largest absolute Gasteiger partial charge is 0.469 e. The van der Waals surface area contributed by atoms with Crippen LogP contribution in [-0.4, -0.2) is 48.9 Å². The number of unbranched alkanes of at least 4 members (excludes halogenated alkanes) is 3. The molecule has 242 valence electrons. The standard InChI is InChI=1S/C35H48O9/c1-21(36)42-31-30(22-11-14-28(38)41-20-22)34(3)18-16-25-26(35(34)32(31)44-35)13-12-23-19-24(15-17-33(23,25)2)43-29(39)10-8-6-5-7-9-27(37)40-4/h11,14,20,23-26,30-32H,5-10,12-13,15-19H2,1-4H3/t23-,24+,25+,26-,30+,31-,32-,33+,34-,35-/m1/s1. The van der Waals surface area contributed by atoms with Crippen molar-refractivity contribution in [1.29, 1.82) is 0 Å². The minimum absolute atomic E-state index is 0.0228. The maximum absolute atomic E-state index is 12.7. The number of methoxy groups -OCH3 is 1. The maximum Gasteiger partial charge on any atom is 0.335 e. The molecule has 1 aromatic heterocycles. The molecule has 0 radical (unpaired) electrons. The van der Waals surface area contributed by atoms with Gasteiger partial charge in [0.15, 0.2) is 0 Å². The number of rotatable bonds is 10. The Bertz CT molecular complexity index is 1300. The average Bonchev–Trinajstić information content (AvgIpc) is 3.69. The molecule has 44 heavy (non-hydrogen) atoms. The zero-order valence-electron chi connectivity index (χ0n) is 26.6. The van der Waals surface area contributed by atoms with Crippen LogP contribution in [0.1, 0.15) is 116 Å². The molecule has 1 spiro atoms. The van der Waals surface area contributed by atoms with Gasteiger partial charge in [-0.05, 0) is 92.6 Å². The highest BCUT2D eigenvalue weighted by molar-refractivity contribution is 5.69. The van der Waals surface area contributed by atoms with Crippen LogP contribution in [0.2, 0.25) is 0 Å². The lowest BCUT2D eigenvalue weighted by Gasteiger charge is -2.61. The van der Waals surface area contributed by atoms with Gasteiger partial charge in [-0.2, -0.15) is 0 Å². The Morgan fingerprint density at radius 3 is 2.34 bits per heavy atom. The van der Waals surface area contributed by atoms with Crippen molar-refractivity contribution in [1.82, 2.24) is 0 Å². The van der Waals surface area contributed by atoms with E-state index in [2.05, 4.69) is 18.6 Å². The topological polar surface area (TPSA) is 122 Å². The molecule has 0 unspecified atom stereocenters. The summed E-state index contributed by atoms with van der Waals surface area (Å²) in [5, 5.41) is 0. The van der Waals surface area contributed by atoms with Gasteiger partial charge in [-0.3, -0.25) is 14.4 Å². The van der Waals surface area contributed by atoms with Crippen LogP contribution >= 0.6 is 0 Å². The van der Waals surface area contributed by atoms with E-state index in [-0.39, 0.29) is 58.1 Å². The maximum atomic E-state index is 12.7.